The van der Waals surface area contributed by atoms with E-state index in [1.54, 1.807) is 19.2 Å². The number of methoxy groups -OCH3 is 1. The van der Waals surface area contributed by atoms with Gasteiger partial charge in [0.2, 0.25) is 0 Å². The lowest BCUT2D eigenvalue weighted by atomic mass is 10.1. The molecule has 0 spiro atoms. The standard InChI is InChI=1S/C14H16O6/c1-18-10-4-2-9(3-5-10)7-19-13-8-20-12(14(16)17)6-11(13)15/h2-5,12-13H,6-8H2,1H3,(H,16,17). The number of hydrogen-bond donors (Lipinski definition) is 1. The maximum Gasteiger partial charge on any atom is 0.333 e. The number of aliphatic carboxylic acids is 1. The van der Waals surface area contributed by atoms with Gasteiger partial charge in [0.05, 0.1) is 20.3 Å². The number of carboxylic acids is 1. The molecule has 1 fully saturated rings. The van der Waals surface area contributed by atoms with E-state index in [0.29, 0.717) is 0 Å². The van der Waals surface area contributed by atoms with Gasteiger partial charge in [-0.3, -0.25) is 4.79 Å². The van der Waals surface area contributed by atoms with E-state index in [4.69, 9.17) is 19.3 Å². The normalized spacial score (nSPS) is 22.6. The lowest BCUT2D eigenvalue weighted by Crippen LogP contribution is -2.42. The summed E-state index contributed by atoms with van der Waals surface area (Å²) in [6.07, 6.45) is -1.90. The minimum atomic E-state index is -1.12. The minimum absolute atomic E-state index is 0.0219. The SMILES string of the molecule is COc1ccc(COC2COC(C(=O)O)CC2=O)cc1. The molecule has 0 radical (unpaired) electrons. The minimum Gasteiger partial charge on any atom is -0.497 e. The summed E-state index contributed by atoms with van der Waals surface area (Å²) < 4.78 is 15.6. The first-order valence-corrected chi connectivity index (χ1v) is 6.22. The number of benzene rings is 1. The Balaban J connectivity index is 1.85. The fourth-order valence-electron chi connectivity index (χ4n) is 1.89. The largest absolute Gasteiger partial charge is 0.497 e. The molecule has 1 heterocycles. The topological polar surface area (TPSA) is 82.1 Å². The second kappa shape index (κ2) is 6.49. The van der Waals surface area contributed by atoms with Crippen molar-refractivity contribution in [2.75, 3.05) is 13.7 Å². The molecule has 6 nitrogen and oxygen atoms in total. The third kappa shape index (κ3) is 3.55. The van der Waals surface area contributed by atoms with Crippen LogP contribution in [0.5, 0.6) is 5.75 Å². The first kappa shape index (κ1) is 14.5. The molecule has 0 bridgehead atoms. The average Bonchev–Trinajstić information content (AvgIpc) is 2.46. The second-order valence-electron chi connectivity index (χ2n) is 4.48. The number of carbonyl (C=O) groups is 2. The Morgan fingerprint density at radius 3 is 2.65 bits per heavy atom. The summed E-state index contributed by atoms with van der Waals surface area (Å²) in [5, 5.41) is 8.77. The smallest absolute Gasteiger partial charge is 0.333 e. The molecule has 2 rings (SSSR count). The van der Waals surface area contributed by atoms with E-state index in [-0.39, 0.29) is 25.4 Å². The Bertz CT molecular complexity index is 481. The van der Waals surface area contributed by atoms with E-state index in [1.165, 1.54) is 0 Å². The van der Waals surface area contributed by atoms with Crippen LogP contribution in [0.25, 0.3) is 0 Å². The maximum absolute atomic E-state index is 11.7. The lowest BCUT2D eigenvalue weighted by molar-refractivity contribution is -0.168. The first-order chi connectivity index (χ1) is 9.60. The van der Waals surface area contributed by atoms with Gasteiger partial charge >= 0.3 is 5.97 Å². The Kier molecular flexibility index (Phi) is 4.70. The summed E-state index contributed by atoms with van der Waals surface area (Å²) in [4.78, 5) is 22.5. The molecule has 2 unspecified atom stereocenters. The number of carboxylic acid groups (broad SMARTS) is 1. The van der Waals surface area contributed by atoms with Gasteiger partial charge in [-0.1, -0.05) is 12.1 Å². The van der Waals surface area contributed by atoms with Gasteiger partial charge in [0, 0.05) is 6.42 Å². The van der Waals surface area contributed by atoms with Crippen molar-refractivity contribution in [1.82, 2.24) is 0 Å². The highest BCUT2D eigenvalue weighted by Gasteiger charge is 2.33. The van der Waals surface area contributed by atoms with Gasteiger partial charge in [0.25, 0.3) is 0 Å². The summed E-state index contributed by atoms with van der Waals surface area (Å²) in [6, 6.07) is 7.29. The molecule has 1 N–H and O–H groups in total. The first-order valence-electron chi connectivity index (χ1n) is 6.22. The van der Waals surface area contributed by atoms with Crippen LogP contribution in [0.1, 0.15) is 12.0 Å². The maximum atomic E-state index is 11.7. The fraction of sp³-hybridized carbons (Fsp3) is 0.429. The van der Waals surface area contributed by atoms with Crippen LogP contribution in [0.4, 0.5) is 0 Å². The lowest BCUT2D eigenvalue weighted by Gasteiger charge is -2.25. The Morgan fingerprint density at radius 1 is 1.40 bits per heavy atom. The predicted molar refractivity (Wildman–Crippen MR) is 68.6 cm³/mol. The highest BCUT2D eigenvalue weighted by molar-refractivity contribution is 5.89. The molecule has 1 aromatic carbocycles. The average molecular weight is 280 g/mol. The van der Waals surface area contributed by atoms with Crippen LogP contribution in [0.15, 0.2) is 24.3 Å². The van der Waals surface area contributed by atoms with E-state index in [9.17, 15) is 9.59 Å². The van der Waals surface area contributed by atoms with E-state index < -0.39 is 18.2 Å². The Hall–Kier alpha value is -1.92. The Morgan fingerprint density at radius 2 is 2.10 bits per heavy atom. The Labute approximate surface area is 116 Å². The zero-order chi connectivity index (χ0) is 14.5. The molecule has 6 heteroatoms. The van der Waals surface area contributed by atoms with E-state index in [0.717, 1.165) is 11.3 Å². The van der Waals surface area contributed by atoms with Crippen molar-refractivity contribution >= 4 is 11.8 Å². The van der Waals surface area contributed by atoms with E-state index >= 15 is 0 Å². The molecule has 2 atom stereocenters. The van der Waals surface area contributed by atoms with Crippen LogP contribution < -0.4 is 4.74 Å². The van der Waals surface area contributed by atoms with E-state index in [1.807, 2.05) is 12.1 Å². The molecule has 108 valence electrons. The molecule has 0 aromatic heterocycles. The van der Waals surface area contributed by atoms with E-state index in [2.05, 4.69) is 0 Å². The number of ketones is 1. The van der Waals surface area contributed by atoms with Crippen LogP contribution in [-0.2, 0) is 25.7 Å². The van der Waals surface area contributed by atoms with Gasteiger partial charge in [-0.2, -0.15) is 0 Å². The molecular weight excluding hydrogens is 264 g/mol. The van der Waals surface area contributed by atoms with Crippen LogP contribution in [-0.4, -0.2) is 42.8 Å². The zero-order valence-corrected chi connectivity index (χ0v) is 11.1. The molecule has 0 aliphatic carbocycles. The summed E-state index contributed by atoms with van der Waals surface area (Å²) >= 11 is 0. The van der Waals surface area contributed by atoms with Crippen LogP contribution in [0.3, 0.4) is 0 Å². The van der Waals surface area contributed by atoms with Gasteiger partial charge in [-0.05, 0) is 17.7 Å². The highest BCUT2D eigenvalue weighted by Crippen LogP contribution is 2.16. The summed E-state index contributed by atoms with van der Waals surface area (Å²) in [5.74, 6) is -0.612. The van der Waals surface area contributed by atoms with Crippen molar-refractivity contribution in [2.45, 2.75) is 25.2 Å². The number of carbonyl (C=O) groups excluding carboxylic acids is 1. The fourth-order valence-corrected chi connectivity index (χ4v) is 1.89. The van der Waals surface area contributed by atoms with Gasteiger partial charge in [-0.15, -0.1) is 0 Å². The molecule has 0 amide bonds. The van der Waals surface area contributed by atoms with Crippen LogP contribution in [0, 0.1) is 0 Å². The van der Waals surface area contributed by atoms with Crippen molar-refractivity contribution in [3.8, 4) is 5.75 Å². The summed E-state index contributed by atoms with van der Waals surface area (Å²) in [5.41, 5.74) is 0.902. The van der Waals surface area contributed by atoms with Gasteiger partial charge in [0.1, 0.15) is 11.9 Å². The van der Waals surface area contributed by atoms with Gasteiger partial charge in [0.15, 0.2) is 11.9 Å². The molecular formula is C14H16O6. The quantitative estimate of drug-likeness (QED) is 0.867. The molecule has 1 aliphatic heterocycles. The molecule has 20 heavy (non-hydrogen) atoms. The van der Waals surface area contributed by atoms with Crippen LogP contribution >= 0.6 is 0 Å². The number of ether oxygens (including phenoxy) is 3. The molecule has 0 saturated carbocycles. The van der Waals surface area contributed by atoms with Gasteiger partial charge < -0.3 is 19.3 Å². The third-order valence-electron chi connectivity index (χ3n) is 3.08. The summed E-state index contributed by atoms with van der Waals surface area (Å²) in [6.45, 7) is 0.244. The molecule has 1 aliphatic rings. The predicted octanol–water partition coefficient (Wildman–Crippen LogP) is 1.02. The van der Waals surface area contributed by atoms with Crippen molar-refractivity contribution in [3.63, 3.8) is 0 Å². The number of hydrogen-bond acceptors (Lipinski definition) is 5. The number of Topliss-reactive ketones (excluding diaryl/α,β-unsaturated/α-hetero) is 1. The van der Waals surface area contributed by atoms with Crippen molar-refractivity contribution < 1.29 is 28.9 Å². The molecule has 1 saturated heterocycles. The number of rotatable bonds is 5. The van der Waals surface area contributed by atoms with Crippen molar-refractivity contribution in [1.29, 1.82) is 0 Å². The highest BCUT2D eigenvalue weighted by atomic mass is 16.6. The second-order valence-corrected chi connectivity index (χ2v) is 4.48. The van der Waals surface area contributed by atoms with Gasteiger partial charge in [-0.25, -0.2) is 4.79 Å². The van der Waals surface area contributed by atoms with Crippen LogP contribution in [0.2, 0.25) is 0 Å². The van der Waals surface area contributed by atoms with Crippen molar-refractivity contribution in [2.24, 2.45) is 0 Å². The summed E-state index contributed by atoms with van der Waals surface area (Å²) in [7, 11) is 1.59. The molecule has 1 aromatic rings. The monoisotopic (exact) mass is 280 g/mol. The third-order valence-corrected chi connectivity index (χ3v) is 3.08. The van der Waals surface area contributed by atoms with Crippen molar-refractivity contribution in [3.05, 3.63) is 29.8 Å². The zero-order valence-electron chi connectivity index (χ0n) is 11.1.